The third kappa shape index (κ3) is 11200. The Bertz CT molecular complexity index is 93.3. The molecular formula is C3H11O3S-. The topological polar surface area (TPSA) is 57.2 Å². The van der Waals surface area contributed by atoms with E-state index in [0.717, 1.165) is 0 Å². The summed E-state index contributed by atoms with van der Waals surface area (Å²) in [6, 6.07) is 0. The average molecular weight is 127 g/mol. The van der Waals surface area contributed by atoms with Gasteiger partial charge in [0.05, 0.1) is 10.1 Å². The lowest BCUT2D eigenvalue weighted by atomic mass is 12.0. The van der Waals surface area contributed by atoms with Crippen LogP contribution in [0.4, 0.5) is 0 Å². The van der Waals surface area contributed by atoms with Crippen molar-refractivity contribution >= 4 is 10.1 Å². The minimum atomic E-state index is -3.92. The molecule has 0 aliphatic rings. The minimum Gasteiger partial charge on any atom is -0.748 e. The van der Waals surface area contributed by atoms with Crippen molar-refractivity contribution in [3.63, 3.8) is 0 Å². The summed E-state index contributed by atoms with van der Waals surface area (Å²) in [7, 11) is -3.92. The summed E-state index contributed by atoms with van der Waals surface area (Å²) in [5.41, 5.74) is 0. The van der Waals surface area contributed by atoms with E-state index in [-0.39, 0.29) is 14.9 Å². The largest absolute Gasteiger partial charge is 0.748 e. The Hall–Kier alpha value is -0.0900. The Labute approximate surface area is 45.1 Å². The van der Waals surface area contributed by atoms with Crippen molar-refractivity contribution in [2.75, 3.05) is 6.26 Å². The van der Waals surface area contributed by atoms with Crippen molar-refractivity contribution in [1.82, 2.24) is 0 Å². The van der Waals surface area contributed by atoms with E-state index in [1.54, 1.807) is 0 Å². The van der Waals surface area contributed by atoms with E-state index in [4.69, 9.17) is 13.0 Å². The fourth-order valence-electron chi connectivity index (χ4n) is 0. The monoisotopic (exact) mass is 127 g/mol. The zero-order chi connectivity index (χ0) is 4.50. The quantitative estimate of drug-likeness (QED) is 0.443. The predicted molar refractivity (Wildman–Crippen MR) is 29.1 cm³/mol. The number of rotatable bonds is 0. The average Bonchev–Trinajstić information content (AvgIpc) is 0.722. The summed E-state index contributed by atoms with van der Waals surface area (Å²) in [6.45, 7) is 0. The van der Waals surface area contributed by atoms with E-state index >= 15 is 0 Å². The molecule has 7 heavy (non-hydrogen) atoms. The molecule has 0 bridgehead atoms. The molecule has 0 saturated carbocycles. The first kappa shape index (κ1) is 15.8. The van der Waals surface area contributed by atoms with Crippen molar-refractivity contribution < 1.29 is 13.0 Å². The summed E-state index contributed by atoms with van der Waals surface area (Å²) < 4.78 is 27.2. The van der Waals surface area contributed by atoms with Crippen LogP contribution in [-0.4, -0.2) is 19.2 Å². The maximum atomic E-state index is 9.08. The lowest BCUT2D eigenvalue weighted by Crippen LogP contribution is -1.88. The molecule has 0 fully saturated rings. The molecule has 0 aromatic rings. The molecule has 0 unspecified atom stereocenters. The lowest BCUT2D eigenvalue weighted by Gasteiger charge is -1.90. The Balaban J connectivity index is -0.0000000800. The smallest absolute Gasteiger partial charge is 0.0916 e. The van der Waals surface area contributed by atoms with Crippen molar-refractivity contribution in [3.8, 4) is 0 Å². The highest BCUT2D eigenvalue weighted by Gasteiger charge is 1.65. The molecule has 0 aromatic heterocycles. The van der Waals surface area contributed by atoms with Crippen LogP contribution in [0.25, 0.3) is 0 Å². The number of hydrogen-bond donors (Lipinski definition) is 0. The molecule has 0 spiro atoms. The van der Waals surface area contributed by atoms with Crippen molar-refractivity contribution in [3.05, 3.63) is 0 Å². The van der Waals surface area contributed by atoms with Crippen LogP contribution in [0.1, 0.15) is 14.9 Å². The summed E-state index contributed by atoms with van der Waals surface area (Å²) in [4.78, 5) is 0. The highest BCUT2D eigenvalue weighted by atomic mass is 32.2. The second kappa shape index (κ2) is 4.08. The minimum absolute atomic E-state index is 0. The third-order valence-electron chi connectivity index (χ3n) is 0. The second-order valence-corrected chi connectivity index (χ2v) is 2.11. The summed E-state index contributed by atoms with van der Waals surface area (Å²) in [5.74, 6) is 0. The molecular weight excluding hydrogens is 116 g/mol. The zero-order valence-electron chi connectivity index (χ0n) is 2.63. The van der Waals surface area contributed by atoms with Crippen LogP contribution in [0, 0.1) is 0 Å². The van der Waals surface area contributed by atoms with E-state index in [2.05, 4.69) is 0 Å². The maximum Gasteiger partial charge on any atom is 0.0916 e. The second-order valence-electron chi connectivity index (χ2n) is 0.704. The van der Waals surface area contributed by atoms with Crippen molar-refractivity contribution in [1.29, 1.82) is 0 Å². The van der Waals surface area contributed by atoms with Crippen molar-refractivity contribution in [2.45, 2.75) is 14.9 Å². The van der Waals surface area contributed by atoms with Gasteiger partial charge in [0.15, 0.2) is 0 Å². The highest BCUT2D eigenvalue weighted by Crippen LogP contribution is 1.59. The fourth-order valence-corrected chi connectivity index (χ4v) is 0. The Morgan fingerprint density at radius 3 is 1.29 bits per heavy atom. The Kier molecular flexibility index (Phi) is 9.20. The molecule has 0 rings (SSSR count). The molecule has 0 aliphatic carbocycles. The van der Waals surface area contributed by atoms with Gasteiger partial charge >= 0.3 is 0 Å². The van der Waals surface area contributed by atoms with Crippen molar-refractivity contribution in [2.24, 2.45) is 0 Å². The molecule has 0 atom stereocenters. The van der Waals surface area contributed by atoms with Gasteiger partial charge in [-0.05, 0) is 0 Å². The number of hydrogen-bond acceptors (Lipinski definition) is 3. The van der Waals surface area contributed by atoms with Crippen LogP contribution >= 0.6 is 0 Å². The van der Waals surface area contributed by atoms with Crippen LogP contribution in [0.3, 0.4) is 0 Å². The molecule has 0 radical (unpaired) electrons. The first-order valence-electron chi connectivity index (χ1n) is 0.908. The van der Waals surface area contributed by atoms with Gasteiger partial charge in [-0.1, -0.05) is 14.9 Å². The van der Waals surface area contributed by atoms with E-state index in [1.807, 2.05) is 0 Å². The van der Waals surface area contributed by atoms with Gasteiger partial charge in [-0.15, -0.1) is 0 Å². The van der Waals surface area contributed by atoms with Gasteiger partial charge in [-0.2, -0.15) is 0 Å². The standard InChI is InChI=1S/CH4O3S.2CH4/c1-5(2,3)4;;/h1H3,(H,2,3,4);2*1H4/p-1. The summed E-state index contributed by atoms with van der Waals surface area (Å²) in [6.07, 6.45) is 0.604. The van der Waals surface area contributed by atoms with Gasteiger partial charge in [0.2, 0.25) is 0 Å². The van der Waals surface area contributed by atoms with E-state index in [1.165, 1.54) is 0 Å². The van der Waals surface area contributed by atoms with E-state index in [9.17, 15) is 0 Å². The van der Waals surface area contributed by atoms with Gasteiger partial charge in [-0.25, -0.2) is 8.42 Å². The third-order valence-corrected chi connectivity index (χ3v) is 0. The lowest BCUT2D eigenvalue weighted by molar-refractivity contribution is 0.470. The molecule has 3 nitrogen and oxygen atoms in total. The molecule has 0 heterocycles. The zero-order valence-corrected chi connectivity index (χ0v) is 3.45. The van der Waals surface area contributed by atoms with Gasteiger partial charge in [0.1, 0.15) is 0 Å². The van der Waals surface area contributed by atoms with E-state index in [0.29, 0.717) is 6.26 Å². The Morgan fingerprint density at radius 1 is 1.29 bits per heavy atom. The van der Waals surface area contributed by atoms with Crippen LogP contribution in [0.5, 0.6) is 0 Å². The first-order valence-corrected chi connectivity index (χ1v) is 2.72. The molecule has 0 saturated heterocycles. The maximum absolute atomic E-state index is 9.08. The van der Waals surface area contributed by atoms with Gasteiger partial charge in [0.25, 0.3) is 0 Å². The van der Waals surface area contributed by atoms with Gasteiger partial charge in [-0.3, -0.25) is 0 Å². The van der Waals surface area contributed by atoms with Crippen LogP contribution in [0.2, 0.25) is 0 Å². The Morgan fingerprint density at radius 2 is 1.29 bits per heavy atom. The summed E-state index contributed by atoms with van der Waals surface area (Å²) in [5, 5.41) is 0. The molecule has 0 aromatic carbocycles. The highest BCUT2D eigenvalue weighted by molar-refractivity contribution is 7.84. The van der Waals surface area contributed by atoms with Crippen LogP contribution in [-0.2, 0) is 10.1 Å². The van der Waals surface area contributed by atoms with E-state index < -0.39 is 10.1 Å². The molecule has 48 valence electrons. The van der Waals surface area contributed by atoms with Gasteiger partial charge in [0, 0.05) is 6.26 Å². The van der Waals surface area contributed by atoms with Gasteiger partial charge < -0.3 is 4.55 Å². The van der Waals surface area contributed by atoms with Crippen LogP contribution in [0.15, 0.2) is 0 Å². The molecule has 0 amide bonds. The molecule has 0 aliphatic heterocycles. The van der Waals surface area contributed by atoms with Crippen LogP contribution < -0.4 is 0 Å². The fraction of sp³-hybridized carbons (Fsp3) is 1.00. The molecule has 4 heteroatoms. The normalized spacial score (nSPS) is 8.29. The summed E-state index contributed by atoms with van der Waals surface area (Å²) >= 11 is 0. The first-order chi connectivity index (χ1) is 2.00. The SMILES string of the molecule is C.C.CS(=O)(=O)[O-]. The predicted octanol–water partition coefficient (Wildman–Crippen LogP) is 0.434. The molecule has 0 N–H and O–H groups in total.